The van der Waals surface area contributed by atoms with Gasteiger partial charge < -0.3 is 15.2 Å². The number of ether oxygens (including phenoxy) is 1. The number of aromatic nitrogens is 1. The van der Waals surface area contributed by atoms with Gasteiger partial charge in [-0.3, -0.25) is 9.78 Å². The van der Waals surface area contributed by atoms with Crippen molar-refractivity contribution in [3.05, 3.63) is 58.4 Å². The fraction of sp³-hybridized carbons (Fsp3) is 0.520. The summed E-state index contributed by atoms with van der Waals surface area (Å²) in [6, 6.07) is 9.39. The highest BCUT2D eigenvalue weighted by Crippen LogP contribution is 2.55. The van der Waals surface area contributed by atoms with Crippen molar-refractivity contribution >= 4 is 17.5 Å². The lowest BCUT2D eigenvalue weighted by Crippen LogP contribution is -2.74. The molecule has 0 spiro atoms. The van der Waals surface area contributed by atoms with Crippen LogP contribution in [0.3, 0.4) is 0 Å². The molecule has 1 heterocycles. The van der Waals surface area contributed by atoms with E-state index in [2.05, 4.69) is 38.0 Å². The molecule has 0 bridgehead atoms. The number of nitrogens with one attached hydrogen (secondary N) is 1. The molecule has 2 aromatic rings. The number of rotatable bonds is 8. The van der Waals surface area contributed by atoms with Gasteiger partial charge in [-0.1, -0.05) is 45.4 Å². The van der Waals surface area contributed by atoms with Crippen molar-refractivity contribution in [2.45, 2.75) is 66.0 Å². The second-order valence-corrected chi connectivity index (χ2v) is 10.1. The van der Waals surface area contributed by atoms with Crippen LogP contribution in [0.5, 0.6) is 5.75 Å². The molecule has 1 aromatic heterocycles. The Morgan fingerprint density at radius 3 is 2.45 bits per heavy atom. The number of nitrogens with zero attached hydrogens (tertiary/aromatic N) is 1. The third-order valence-electron chi connectivity index (χ3n) is 6.44. The van der Waals surface area contributed by atoms with Gasteiger partial charge in [-0.15, -0.1) is 0 Å². The molecule has 6 heteroatoms. The van der Waals surface area contributed by atoms with E-state index >= 15 is 0 Å². The molecule has 0 aliphatic heterocycles. The molecule has 0 saturated heterocycles. The highest BCUT2D eigenvalue weighted by molar-refractivity contribution is 6.31. The second-order valence-electron chi connectivity index (χ2n) is 9.68. The molecule has 168 valence electrons. The van der Waals surface area contributed by atoms with Gasteiger partial charge in [0.05, 0.1) is 5.56 Å². The first-order valence-electron chi connectivity index (χ1n) is 10.9. The maximum absolute atomic E-state index is 12.9. The van der Waals surface area contributed by atoms with Crippen LogP contribution < -0.4 is 10.1 Å². The Bertz CT molecular complexity index is 909. The minimum Gasteiger partial charge on any atom is -0.489 e. The first-order valence-corrected chi connectivity index (χ1v) is 11.2. The second kappa shape index (κ2) is 9.17. The van der Waals surface area contributed by atoms with E-state index in [1.54, 1.807) is 6.20 Å². The molecule has 1 aliphatic carbocycles. The molecule has 3 rings (SSSR count). The normalized spacial score (nSPS) is 21.3. The van der Waals surface area contributed by atoms with Gasteiger partial charge in [0, 0.05) is 40.4 Å². The number of hydrogen-bond donors (Lipinski definition) is 2. The molecule has 0 atom stereocenters. The van der Waals surface area contributed by atoms with E-state index in [-0.39, 0.29) is 35.5 Å². The fourth-order valence-corrected chi connectivity index (χ4v) is 5.09. The zero-order valence-corrected chi connectivity index (χ0v) is 19.8. The van der Waals surface area contributed by atoms with Gasteiger partial charge in [0.2, 0.25) is 0 Å². The van der Waals surface area contributed by atoms with Crippen molar-refractivity contribution in [2.75, 3.05) is 6.61 Å². The predicted octanol–water partition coefficient (Wildman–Crippen LogP) is 4.97. The van der Waals surface area contributed by atoms with Crippen LogP contribution in [0, 0.1) is 17.8 Å². The highest BCUT2D eigenvalue weighted by Gasteiger charge is 2.64. The molecule has 1 aliphatic rings. The van der Waals surface area contributed by atoms with Crippen LogP contribution in [0.1, 0.15) is 62.2 Å². The van der Waals surface area contributed by atoms with E-state index in [1.807, 2.05) is 37.3 Å². The van der Waals surface area contributed by atoms with E-state index in [1.165, 1.54) is 0 Å². The summed E-state index contributed by atoms with van der Waals surface area (Å²) in [5, 5.41) is 12.8. The van der Waals surface area contributed by atoms with Gasteiger partial charge in [-0.2, -0.15) is 0 Å². The number of aliphatic hydroxyl groups excluding tert-OH is 1. The molecule has 0 unspecified atom stereocenters. The zero-order chi connectivity index (χ0) is 22.8. The molecule has 2 N–H and O–H groups in total. The summed E-state index contributed by atoms with van der Waals surface area (Å²) >= 11 is 6.26. The fourth-order valence-electron chi connectivity index (χ4n) is 4.92. The van der Waals surface area contributed by atoms with Crippen LogP contribution in [0.25, 0.3) is 0 Å². The lowest BCUT2D eigenvalue weighted by Gasteiger charge is -2.63. The lowest BCUT2D eigenvalue weighted by atomic mass is 9.49. The summed E-state index contributed by atoms with van der Waals surface area (Å²) in [5.41, 5.74) is 1.98. The maximum atomic E-state index is 12.9. The molecule has 1 fully saturated rings. The third-order valence-corrected chi connectivity index (χ3v) is 6.85. The van der Waals surface area contributed by atoms with Crippen LogP contribution in [0.4, 0.5) is 0 Å². The molecular weight excluding hydrogens is 412 g/mol. The highest BCUT2D eigenvalue weighted by atomic mass is 35.5. The summed E-state index contributed by atoms with van der Waals surface area (Å²) in [6.45, 7) is 10.6. The van der Waals surface area contributed by atoms with Gasteiger partial charge in [-0.25, -0.2) is 0 Å². The Kier molecular flexibility index (Phi) is 6.97. The van der Waals surface area contributed by atoms with Crippen molar-refractivity contribution in [1.82, 2.24) is 10.3 Å². The summed E-state index contributed by atoms with van der Waals surface area (Å²) in [7, 11) is 0. The quantitative estimate of drug-likeness (QED) is 0.564. The van der Waals surface area contributed by atoms with E-state index in [9.17, 15) is 4.79 Å². The number of halogens is 1. The third kappa shape index (κ3) is 4.88. The topological polar surface area (TPSA) is 71.5 Å². The minimum absolute atomic E-state index is 0.0531. The number of amides is 1. The Labute approximate surface area is 190 Å². The van der Waals surface area contributed by atoms with Gasteiger partial charge in [0.1, 0.15) is 11.9 Å². The van der Waals surface area contributed by atoms with Crippen LogP contribution in [-0.2, 0) is 6.42 Å². The Morgan fingerprint density at radius 2 is 1.87 bits per heavy atom. The number of aryl methyl sites for hydroxylation is 2. The monoisotopic (exact) mass is 444 g/mol. The predicted molar refractivity (Wildman–Crippen MR) is 124 cm³/mol. The number of carbonyl (C=O) groups is 1. The number of hydrogen-bond acceptors (Lipinski definition) is 4. The molecule has 31 heavy (non-hydrogen) atoms. The van der Waals surface area contributed by atoms with Gasteiger partial charge >= 0.3 is 0 Å². The van der Waals surface area contributed by atoms with Crippen LogP contribution in [0.2, 0.25) is 5.02 Å². The van der Waals surface area contributed by atoms with Gasteiger partial charge in [-0.05, 0) is 56.0 Å². The number of aliphatic hydroxyl groups is 1. The Balaban J connectivity index is 1.66. The number of carbonyl (C=O) groups excluding carboxylic acids is 1. The molecule has 1 saturated carbocycles. The number of benzene rings is 1. The first-order chi connectivity index (χ1) is 14.6. The van der Waals surface area contributed by atoms with Gasteiger partial charge in [0.25, 0.3) is 5.91 Å². The number of unbranched alkanes of at least 4 members (excludes halogenated alkanes) is 1. The van der Waals surface area contributed by atoms with E-state index in [4.69, 9.17) is 21.4 Å². The maximum Gasteiger partial charge on any atom is 0.253 e. The van der Waals surface area contributed by atoms with Crippen molar-refractivity contribution in [3.63, 3.8) is 0 Å². The van der Waals surface area contributed by atoms with Crippen molar-refractivity contribution < 1.29 is 14.6 Å². The molecule has 1 amide bonds. The molecule has 0 radical (unpaired) electrons. The van der Waals surface area contributed by atoms with E-state index < -0.39 is 0 Å². The average Bonchev–Trinajstić information content (AvgIpc) is 2.72. The van der Waals surface area contributed by atoms with E-state index in [0.29, 0.717) is 10.6 Å². The van der Waals surface area contributed by atoms with Crippen molar-refractivity contribution in [1.29, 1.82) is 0 Å². The zero-order valence-electron chi connectivity index (χ0n) is 19.0. The Morgan fingerprint density at radius 1 is 1.16 bits per heavy atom. The first kappa shape index (κ1) is 23.6. The lowest BCUT2D eigenvalue weighted by molar-refractivity contribution is -0.164. The van der Waals surface area contributed by atoms with Gasteiger partial charge in [0.15, 0.2) is 0 Å². The molecular formula is C25H33ClN2O3. The van der Waals surface area contributed by atoms with Crippen molar-refractivity contribution in [3.8, 4) is 5.75 Å². The standard InChI is InChI=1S/C25H33ClN2O3/c1-16-9-12-19(14-20(16)26)31-23-24(2,3)22(25(23,4)5)28-21(30)17-10-11-18(27-15-17)8-6-7-13-29/h9-12,14-15,22-23,29H,6-8,13H2,1-5H3,(H,28,30)/t22-,23-. The Hall–Kier alpha value is -2.11. The number of pyridine rings is 1. The van der Waals surface area contributed by atoms with Crippen LogP contribution >= 0.6 is 11.6 Å². The van der Waals surface area contributed by atoms with Crippen molar-refractivity contribution in [2.24, 2.45) is 10.8 Å². The van der Waals surface area contributed by atoms with Crippen LogP contribution in [-0.4, -0.2) is 34.8 Å². The van der Waals surface area contributed by atoms with E-state index in [0.717, 1.165) is 36.3 Å². The summed E-state index contributed by atoms with van der Waals surface area (Å²) in [5.74, 6) is 0.616. The largest absolute Gasteiger partial charge is 0.489 e. The summed E-state index contributed by atoms with van der Waals surface area (Å²) in [6.07, 6.45) is 4.00. The summed E-state index contributed by atoms with van der Waals surface area (Å²) < 4.78 is 6.33. The van der Waals surface area contributed by atoms with Crippen LogP contribution in [0.15, 0.2) is 36.5 Å². The average molecular weight is 445 g/mol. The summed E-state index contributed by atoms with van der Waals surface area (Å²) in [4.78, 5) is 17.3. The molecule has 1 aromatic carbocycles. The molecule has 5 nitrogen and oxygen atoms in total. The minimum atomic E-state index is -0.256. The SMILES string of the molecule is Cc1ccc(O[C@H]2C(C)(C)[C@H](NC(=O)c3ccc(CCCCO)nc3)C2(C)C)cc1Cl. The smallest absolute Gasteiger partial charge is 0.253 e.